The van der Waals surface area contributed by atoms with E-state index in [0.717, 1.165) is 0 Å². The predicted molar refractivity (Wildman–Crippen MR) is 225 cm³/mol. The molecule has 30 atom stereocenters. The van der Waals surface area contributed by atoms with Crippen molar-refractivity contribution in [2.75, 3.05) is 19.6 Å². The molecule has 66 heavy (non-hydrogen) atoms. The minimum atomic E-state index is -1.31. The van der Waals surface area contributed by atoms with Crippen molar-refractivity contribution in [2.45, 2.75) is 202 Å². The third-order valence-electron chi connectivity index (χ3n) is 13.1. The molecule has 6 aliphatic rings. The second-order valence-corrected chi connectivity index (χ2v) is 17.9. The maximum Gasteiger partial charge on any atom is 0.176 e. The maximum atomic E-state index is 10.1. The van der Waals surface area contributed by atoms with E-state index in [0.29, 0.717) is 0 Å². The van der Waals surface area contributed by atoms with Crippen molar-refractivity contribution in [1.29, 1.82) is 0 Å². The Kier molecular flexibility index (Phi) is 21.5. The fourth-order valence-corrected chi connectivity index (χ4v) is 8.68. The third-order valence-corrected chi connectivity index (χ3v) is 13.1. The molecule has 30 unspecified atom stereocenters. The van der Waals surface area contributed by atoms with Gasteiger partial charge < -0.3 is 159 Å². The summed E-state index contributed by atoms with van der Waals surface area (Å²) in [5, 5.41) is 119. The minimum absolute atomic E-state index is 0.0441. The molecular weight excluding hydrogens is 888 g/mol. The van der Waals surface area contributed by atoms with Gasteiger partial charge in [0.25, 0.3) is 0 Å². The van der Waals surface area contributed by atoms with Gasteiger partial charge in [-0.2, -0.15) is 0 Å². The van der Waals surface area contributed by atoms with Crippen LogP contribution in [0.1, 0.15) is 19.3 Å². The van der Waals surface area contributed by atoms with E-state index in [2.05, 4.69) is 0 Å². The van der Waals surface area contributed by atoms with Gasteiger partial charge in [-0.3, -0.25) is 0 Å². The number of hydrogen-bond acceptors (Lipinski definition) is 30. The quantitative estimate of drug-likeness (QED) is 0.102. The van der Waals surface area contributed by atoms with E-state index in [1.807, 2.05) is 0 Å². The van der Waals surface area contributed by atoms with E-state index in [1.165, 1.54) is 0 Å². The van der Waals surface area contributed by atoms with E-state index in [9.17, 15) is 61.3 Å². The number of hydrogen-bond donors (Lipinski definition) is 24. The standard InChI is InChI=1S/3C12H26N4O6/c3*13-2-5-8(18)9(19)6(16)12(21-5)22-11-4(15)1-3(14)7(17)10(11)20/h3*3-12,17-20H,1-2,13-16H2. The van der Waals surface area contributed by atoms with Gasteiger partial charge in [-0.05, 0) is 19.3 Å². The van der Waals surface area contributed by atoms with Gasteiger partial charge >= 0.3 is 0 Å². The Morgan fingerprint density at radius 3 is 0.712 bits per heavy atom. The zero-order chi connectivity index (χ0) is 49.8. The summed E-state index contributed by atoms with van der Waals surface area (Å²) < 4.78 is 33.0. The molecule has 36 N–H and O–H groups in total. The van der Waals surface area contributed by atoms with E-state index in [4.69, 9.17) is 97.2 Å². The minimum Gasteiger partial charge on any atom is -0.389 e. The first-order valence-corrected chi connectivity index (χ1v) is 21.8. The normalized spacial score (nSPS) is 53.5. The Labute approximate surface area is 380 Å². The van der Waals surface area contributed by atoms with Gasteiger partial charge in [0.05, 0.1) is 36.4 Å². The number of ether oxygens (including phenoxy) is 6. The van der Waals surface area contributed by atoms with E-state index in [1.54, 1.807) is 0 Å². The first-order chi connectivity index (χ1) is 30.8. The monoisotopic (exact) mass is 967 g/mol. The summed E-state index contributed by atoms with van der Waals surface area (Å²) in [6.07, 6.45) is -23.2. The largest absolute Gasteiger partial charge is 0.389 e. The maximum absolute atomic E-state index is 10.1. The summed E-state index contributed by atoms with van der Waals surface area (Å²) in [6, 6.07) is -7.03. The zero-order valence-corrected chi connectivity index (χ0v) is 36.3. The van der Waals surface area contributed by atoms with Crippen LogP contribution in [0, 0.1) is 0 Å². The fourth-order valence-electron chi connectivity index (χ4n) is 8.68. The number of aliphatic hydroxyl groups excluding tert-OH is 12. The molecule has 0 spiro atoms. The van der Waals surface area contributed by atoms with Crippen molar-refractivity contribution in [3.63, 3.8) is 0 Å². The van der Waals surface area contributed by atoms with Crippen LogP contribution in [0.3, 0.4) is 0 Å². The Morgan fingerprint density at radius 1 is 0.303 bits per heavy atom. The van der Waals surface area contributed by atoms with Crippen LogP contribution in [0.5, 0.6) is 0 Å². The molecule has 0 aromatic rings. The molecule has 3 saturated carbocycles. The average molecular weight is 967 g/mol. The van der Waals surface area contributed by atoms with Crippen LogP contribution in [0.2, 0.25) is 0 Å². The molecule has 0 aromatic heterocycles. The molecule has 0 radical (unpaired) electrons. The van der Waals surface area contributed by atoms with Crippen LogP contribution in [0.15, 0.2) is 0 Å². The smallest absolute Gasteiger partial charge is 0.176 e. The average Bonchev–Trinajstić information content (AvgIpc) is 3.28. The van der Waals surface area contributed by atoms with Crippen molar-refractivity contribution in [3.05, 3.63) is 0 Å². The number of nitrogens with two attached hydrogens (primary N) is 12. The molecule has 6 fully saturated rings. The van der Waals surface area contributed by atoms with Gasteiger partial charge in [0, 0.05) is 55.9 Å². The van der Waals surface area contributed by atoms with Crippen LogP contribution in [-0.2, 0) is 28.4 Å². The van der Waals surface area contributed by atoms with Crippen LogP contribution in [-0.4, -0.2) is 264 Å². The first kappa shape index (κ1) is 57.4. The van der Waals surface area contributed by atoms with Gasteiger partial charge in [-0.1, -0.05) is 0 Å². The lowest BCUT2D eigenvalue weighted by molar-refractivity contribution is -0.287. The van der Waals surface area contributed by atoms with Gasteiger partial charge in [0.15, 0.2) is 18.9 Å². The second-order valence-electron chi connectivity index (χ2n) is 17.9. The molecule has 390 valence electrons. The molecule has 6 rings (SSSR count). The number of rotatable bonds is 9. The third kappa shape index (κ3) is 12.8. The van der Waals surface area contributed by atoms with Crippen molar-refractivity contribution in [1.82, 2.24) is 0 Å². The van der Waals surface area contributed by atoms with E-state index >= 15 is 0 Å². The number of aliphatic hydroxyl groups is 12. The molecule has 30 nitrogen and oxygen atoms in total. The topological polar surface area (TPSA) is 610 Å². The molecular formula is C36H78N12O18. The van der Waals surface area contributed by atoms with E-state index in [-0.39, 0.29) is 38.9 Å². The molecule has 0 bridgehead atoms. The van der Waals surface area contributed by atoms with Crippen LogP contribution in [0.4, 0.5) is 0 Å². The molecule has 0 amide bonds. The predicted octanol–water partition coefficient (Wildman–Crippen LogP) is -15.3. The van der Waals surface area contributed by atoms with Gasteiger partial charge in [-0.25, -0.2) is 0 Å². The second kappa shape index (κ2) is 24.8. The molecule has 0 aromatic carbocycles. The molecule has 3 saturated heterocycles. The summed E-state index contributed by atoms with van der Waals surface area (Å²) in [7, 11) is 0. The van der Waals surface area contributed by atoms with E-state index < -0.39 is 183 Å². The van der Waals surface area contributed by atoms with Gasteiger partial charge in [-0.15, -0.1) is 0 Å². The molecule has 3 aliphatic carbocycles. The van der Waals surface area contributed by atoms with Crippen LogP contribution < -0.4 is 68.8 Å². The highest BCUT2D eigenvalue weighted by atomic mass is 16.7. The lowest BCUT2D eigenvalue weighted by Gasteiger charge is -2.45. The lowest BCUT2D eigenvalue weighted by atomic mass is 9.84. The molecule has 3 aliphatic heterocycles. The van der Waals surface area contributed by atoms with Crippen molar-refractivity contribution < 1.29 is 89.7 Å². The highest BCUT2D eigenvalue weighted by Crippen LogP contribution is 2.30. The Morgan fingerprint density at radius 2 is 0.515 bits per heavy atom. The van der Waals surface area contributed by atoms with Crippen molar-refractivity contribution in [2.24, 2.45) is 68.8 Å². The zero-order valence-electron chi connectivity index (χ0n) is 36.3. The summed E-state index contributed by atoms with van der Waals surface area (Å²) in [4.78, 5) is 0. The summed E-state index contributed by atoms with van der Waals surface area (Å²) in [6.45, 7) is -0.132. The SMILES string of the molecule is NCC1OC(OC2C(N)CC(N)C(O)C2O)C(N)C(O)C1O.NCC1OC(OC2C(N)CC(N)C(O)C2O)C(N)C(O)C1O.NCC1OC(OC2C(N)CC(N)C(O)C2O)C(N)C(O)C1O. The summed E-state index contributed by atoms with van der Waals surface area (Å²) in [5.41, 5.74) is 68.5. The van der Waals surface area contributed by atoms with Crippen LogP contribution >= 0.6 is 0 Å². The van der Waals surface area contributed by atoms with Gasteiger partial charge in [0.2, 0.25) is 0 Å². The lowest BCUT2D eigenvalue weighted by Crippen LogP contribution is -2.67. The fraction of sp³-hybridized carbons (Fsp3) is 1.00. The Hall–Kier alpha value is -1.20. The Bertz CT molecular complexity index is 1290. The van der Waals surface area contributed by atoms with Gasteiger partial charge in [0.1, 0.15) is 91.6 Å². The Balaban J connectivity index is 0.000000216. The summed E-state index contributed by atoms with van der Waals surface area (Å²) >= 11 is 0. The van der Waals surface area contributed by atoms with Crippen LogP contribution in [0.25, 0.3) is 0 Å². The highest BCUT2D eigenvalue weighted by Gasteiger charge is 2.51. The van der Waals surface area contributed by atoms with Crippen molar-refractivity contribution in [3.8, 4) is 0 Å². The molecule has 3 heterocycles. The first-order valence-electron chi connectivity index (χ1n) is 21.8. The van der Waals surface area contributed by atoms with Crippen molar-refractivity contribution >= 4 is 0 Å². The highest BCUT2D eigenvalue weighted by molar-refractivity contribution is 5.02. The molecule has 30 heteroatoms. The summed E-state index contributed by atoms with van der Waals surface area (Å²) in [5.74, 6) is 0.